The fourth-order valence-electron chi connectivity index (χ4n) is 3.09. The van der Waals surface area contributed by atoms with Crippen LogP contribution in [0, 0.1) is 0 Å². The van der Waals surface area contributed by atoms with Gasteiger partial charge in [-0.05, 0) is 48.2 Å². The molecule has 32 heavy (non-hydrogen) atoms. The molecule has 2 aromatic rings. The zero-order chi connectivity index (χ0) is 23.7. The van der Waals surface area contributed by atoms with Crippen LogP contribution in [0.1, 0.15) is 37.8 Å². The minimum atomic E-state index is -0.575. The molecule has 0 heterocycles. The number of carbonyl (C=O) groups excluding carboxylic acids is 2. The summed E-state index contributed by atoms with van der Waals surface area (Å²) in [6, 6.07) is 10.1. The first-order valence-electron chi connectivity index (χ1n) is 10.3. The van der Waals surface area contributed by atoms with Gasteiger partial charge in [-0.3, -0.25) is 9.59 Å². The van der Waals surface area contributed by atoms with E-state index in [-0.39, 0.29) is 24.1 Å². The molecule has 2 amide bonds. The van der Waals surface area contributed by atoms with Gasteiger partial charge in [0, 0.05) is 18.8 Å². The highest BCUT2D eigenvalue weighted by atomic mass is 35.5. The van der Waals surface area contributed by atoms with Crippen LogP contribution in [0.15, 0.2) is 36.4 Å². The van der Waals surface area contributed by atoms with Crippen molar-refractivity contribution in [2.45, 2.75) is 45.0 Å². The molecule has 2 rings (SSSR count). The first-order chi connectivity index (χ1) is 15.3. The van der Waals surface area contributed by atoms with Crippen LogP contribution in [-0.4, -0.2) is 35.1 Å². The predicted octanol–water partition coefficient (Wildman–Crippen LogP) is 6.87. The summed E-state index contributed by atoms with van der Waals surface area (Å²) in [5, 5.41) is 4.73. The molecule has 174 valence electrons. The topological polar surface area (TPSA) is 49.4 Å². The Morgan fingerprint density at radius 3 is 2.09 bits per heavy atom. The Hall–Kier alpha value is -1.11. The lowest BCUT2D eigenvalue weighted by atomic mass is 10.1. The fourth-order valence-corrected chi connectivity index (χ4v) is 4.59. The van der Waals surface area contributed by atoms with Crippen molar-refractivity contribution in [3.63, 3.8) is 0 Å². The number of rotatable bonds is 11. The maximum absolute atomic E-state index is 13.2. The third-order valence-electron chi connectivity index (χ3n) is 4.75. The Morgan fingerprint density at radius 2 is 1.53 bits per heavy atom. The van der Waals surface area contributed by atoms with Gasteiger partial charge in [0.25, 0.3) is 0 Å². The van der Waals surface area contributed by atoms with Crippen molar-refractivity contribution in [3.8, 4) is 0 Å². The van der Waals surface area contributed by atoms with E-state index in [1.54, 1.807) is 29.2 Å². The van der Waals surface area contributed by atoms with Crippen molar-refractivity contribution in [2.75, 3.05) is 12.3 Å². The van der Waals surface area contributed by atoms with E-state index in [9.17, 15) is 9.59 Å². The Morgan fingerprint density at radius 1 is 0.938 bits per heavy atom. The van der Waals surface area contributed by atoms with E-state index >= 15 is 0 Å². The Kier molecular flexibility index (Phi) is 11.5. The van der Waals surface area contributed by atoms with Crippen LogP contribution in [0.5, 0.6) is 0 Å². The Bertz CT molecular complexity index is 942. The highest BCUT2D eigenvalue weighted by molar-refractivity contribution is 7.99. The van der Waals surface area contributed by atoms with Gasteiger partial charge in [0.1, 0.15) is 6.04 Å². The first kappa shape index (κ1) is 27.1. The highest BCUT2D eigenvalue weighted by Gasteiger charge is 2.28. The summed E-state index contributed by atoms with van der Waals surface area (Å²) in [6.45, 7) is 4.71. The van der Waals surface area contributed by atoms with Crippen LogP contribution in [0.2, 0.25) is 20.1 Å². The smallest absolute Gasteiger partial charge is 0.242 e. The second-order valence-electron chi connectivity index (χ2n) is 7.23. The summed E-state index contributed by atoms with van der Waals surface area (Å²) in [7, 11) is 0. The lowest BCUT2D eigenvalue weighted by Crippen LogP contribution is -2.49. The zero-order valence-corrected chi connectivity index (χ0v) is 21.8. The van der Waals surface area contributed by atoms with E-state index < -0.39 is 6.04 Å². The molecule has 0 aliphatic heterocycles. The normalized spacial score (nSPS) is 11.8. The third kappa shape index (κ3) is 8.03. The summed E-state index contributed by atoms with van der Waals surface area (Å²) in [5.74, 6) is 0.540. The molecule has 4 nitrogen and oxygen atoms in total. The van der Waals surface area contributed by atoms with Crippen molar-refractivity contribution in [1.29, 1.82) is 0 Å². The van der Waals surface area contributed by atoms with Crippen molar-refractivity contribution in [2.24, 2.45) is 0 Å². The van der Waals surface area contributed by atoms with Crippen LogP contribution in [-0.2, 0) is 21.9 Å². The minimum Gasteiger partial charge on any atom is -0.354 e. The monoisotopic (exact) mass is 534 g/mol. The zero-order valence-electron chi connectivity index (χ0n) is 18.0. The second-order valence-corrected chi connectivity index (χ2v) is 9.84. The van der Waals surface area contributed by atoms with E-state index in [4.69, 9.17) is 46.4 Å². The maximum Gasteiger partial charge on any atom is 0.242 e. The van der Waals surface area contributed by atoms with Gasteiger partial charge in [0.05, 0.1) is 25.8 Å². The summed E-state index contributed by atoms with van der Waals surface area (Å²) < 4.78 is 0. The van der Waals surface area contributed by atoms with Crippen LogP contribution >= 0.6 is 58.2 Å². The lowest BCUT2D eigenvalue weighted by molar-refractivity contribution is -0.139. The van der Waals surface area contributed by atoms with E-state index in [0.29, 0.717) is 38.8 Å². The number of benzene rings is 2. The predicted molar refractivity (Wildman–Crippen MR) is 137 cm³/mol. The number of hydrogen-bond donors (Lipinski definition) is 1. The van der Waals surface area contributed by atoms with Crippen molar-refractivity contribution < 1.29 is 9.59 Å². The van der Waals surface area contributed by atoms with Crippen LogP contribution in [0.4, 0.5) is 0 Å². The molecule has 0 aliphatic carbocycles. The largest absolute Gasteiger partial charge is 0.354 e. The Labute approximate surface area is 213 Å². The summed E-state index contributed by atoms with van der Waals surface area (Å²) in [5.41, 5.74) is 1.78. The lowest BCUT2D eigenvalue weighted by Gasteiger charge is -2.30. The average Bonchev–Trinajstić information content (AvgIpc) is 2.76. The summed E-state index contributed by atoms with van der Waals surface area (Å²) >= 11 is 25.7. The molecule has 1 N–H and O–H groups in total. The molecule has 1 atom stereocenters. The van der Waals surface area contributed by atoms with E-state index in [1.165, 1.54) is 11.8 Å². The number of nitrogens with one attached hydrogen (secondary N) is 1. The fraction of sp³-hybridized carbons (Fsp3) is 0.391. The van der Waals surface area contributed by atoms with E-state index in [2.05, 4.69) is 5.32 Å². The van der Waals surface area contributed by atoms with Crippen LogP contribution in [0.3, 0.4) is 0 Å². The van der Waals surface area contributed by atoms with Crippen LogP contribution in [0.25, 0.3) is 0 Å². The van der Waals surface area contributed by atoms with Gasteiger partial charge in [-0.25, -0.2) is 0 Å². The number of thioether (sulfide) groups is 1. The van der Waals surface area contributed by atoms with Gasteiger partial charge < -0.3 is 10.2 Å². The highest BCUT2D eigenvalue weighted by Crippen LogP contribution is 2.26. The van der Waals surface area contributed by atoms with Crippen molar-refractivity contribution >= 4 is 70.0 Å². The summed E-state index contributed by atoms with van der Waals surface area (Å²) in [4.78, 5) is 27.6. The molecule has 9 heteroatoms. The number of halogens is 4. The van der Waals surface area contributed by atoms with Crippen LogP contribution < -0.4 is 5.32 Å². The molecular weight excluding hydrogens is 510 g/mol. The molecule has 0 saturated carbocycles. The van der Waals surface area contributed by atoms with Crippen molar-refractivity contribution in [1.82, 2.24) is 10.2 Å². The number of hydrogen-bond acceptors (Lipinski definition) is 3. The standard InChI is InChI=1S/C23H26Cl4N2O2S/c1-3-9-28-23(31)21(4-2)29(12-15-5-7-17(24)19(26)10-15)22(30)14-32-13-16-6-8-18(25)20(27)11-16/h5-8,10-11,21H,3-4,9,12-14H2,1-2H3,(H,28,31)/t21-/m1/s1. The molecule has 0 saturated heterocycles. The number of amides is 2. The molecule has 0 aliphatic rings. The van der Waals surface area contributed by atoms with E-state index in [1.807, 2.05) is 26.0 Å². The second kappa shape index (κ2) is 13.6. The van der Waals surface area contributed by atoms with Crippen molar-refractivity contribution in [3.05, 3.63) is 67.6 Å². The average molecular weight is 536 g/mol. The molecule has 0 unspecified atom stereocenters. The number of carbonyl (C=O) groups is 2. The van der Waals surface area contributed by atoms with Gasteiger partial charge >= 0.3 is 0 Å². The third-order valence-corrected chi connectivity index (χ3v) is 7.22. The quantitative estimate of drug-likeness (QED) is 0.341. The molecular formula is C23H26Cl4N2O2S. The van der Waals surface area contributed by atoms with Gasteiger partial charge in [-0.2, -0.15) is 0 Å². The van der Waals surface area contributed by atoms with E-state index in [0.717, 1.165) is 17.5 Å². The number of nitrogens with zero attached hydrogens (tertiary/aromatic N) is 1. The minimum absolute atomic E-state index is 0.125. The molecule has 0 radical (unpaired) electrons. The van der Waals surface area contributed by atoms with Gasteiger partial charge in [0.15, 0.2) is 0 Å². The SMILES string of the molecule is CCCNC(=O)[C@@H](CC)N(Cc1ccc(Cl)c(Cl)c1)C(=O)CSCc1ccc(Cl)c(Cl)c1. The molecule has 0 spiro atoms. The summed E-state index contributed by atoms with van der Waals surface area (Å²) in [6.07, 6.45) is 1.32. The molecule has 0 aromatic heterocycles. The first-order valence-corrected chi connectivity index (χ1v) is 13.0. The van der Waals surface area contributed by atoms with Gasteiger partial charge in [0.2, 0.25) is 11.8 Å². The van der Waals surface area contributed by atoms with Gasteiger partial charge in [-0.15, -0.1) is 11.8 Å². The Balaban J connectivity index is 2.15. The maximum atomic E-state index is 13.2. The molecule has 2 aromatic carbocycles. The molecule has 0 fully saturated rings. The molecule has 0 bridgehead atoms. The van der Waals surface area contributed by atoms with Gasteiger partial charge in [-0.1, -0.05) is 72.4 Å².